The van der Waals surface area contributed by atoms with Gasteiger partial charge < -0.3 is 4.90 Å². The molecule has 11 aromatic rings. The van der Waals surface area contributed by atoms with E-state index in [9.17, 15) is 0 Å². The Morgan fingerprint density at radius 2 is 0.492 bits per heavy atom. The molecular weight excluding hydrogens is 759 g/mol. The SMILES string of the molecule is c1ccc(-c2ccccc2-c2ccc(-c3ccc(N(c4ccccc4)c4c(-c5ccc(-c6ccccc6-c6ccccc6)cc5)c5ccccc5c5ccccc45)cc3)cc2)cc1. The van der Waals surface area contributed by atoms with E-state index in [1.807, 2.05) is 0 Å². The van der Waals surface area contributed by atoms with Crippen molar-refractivity contribution in [3.8, 4) is 66.8 Å². The Labute approximate surface area is 369 Å². The maximum Gasteiger partial charge on any atom is 0.0624 e. The molecule has 0 aliphatic rings. The lowest BCUT2D eigenvalue weighted by Crippen LogP contribution is -2.12. The topological polar surface area (TPSA) is 3.24 Å². The first-order valence-corrected chi connectivity index (χ1v) is 21.7. The molecule has 0 spiro atoms. The van der Waals surface area contributed by atoms with Crippen LogP contribution in [0.2, 0.25) is 0 Å². The average molecular weight is 802 g/mol. The van der Waals surface area contributed by atoms with E-state index in [0.717, 1.165) is 17.1 Å². The minimum atomic E-state index is 1.09. The van der Waals surface area contributed by atoms with Crippen LogP contribution in [0, 0.1) is 0 Å². The number of anilines is 3. The van der Waals surface area contributed by atoms with E-state index in [4.69, 9.17) is 0 Å². The second kappa shape index (κ2) is 16.7. The van der Waals surface area contributed by atoms with Crippen molar-refractivity contribution in [1.82, 2.24) is 0 Å². The molecule has 0 aromatic heterocycles. The van der Waals surface area contributed by atoms with Crippen LogP contribution in [0.15, 0.2) is 261 Å². The van der Waals surface area contributed by atoms with Gasteiger partial charge in [-0.25, -0.2) is 0 Å². The van der Waals surface area contributed by atoms with Gasteiger partial charge in [0, 0.05) is 22.3 Å². The average Bonchev–Trinajstić information content (AvgIpc) is 3.38. The largest absolute Gasteiger partial charge is 0.309 e. The summed E-state index contributed by atoms with van der Waals surface area (Å²) in [6.45, 7) is 0. The molecule has 63 heavy (non-hydrogen) atoms. The first-order chi connectivity index (χ1) is 31.3. The standard InChI is InChI=1S/C62H43N/c1-4-18-46(19-5-1)53-24-10-12-26-55(53)48-34-32-44(33-35-48)45-40-42-52(43-41-45)63(51-22-8-3-9-23-51)62-60-31-17-15-29-58(60)57-28-14-16-30-59(57)61(62)50-38-36-49(37-39-50)56-27-13-11-25-54(56)47-20-6-2-7-21-47/h1-43H. The highest BCUT2D eigenvalue weighted by atomic mass is 15.1. The zero-order valence-electron chi connectivity index (χ0n) is 34.8. The minimum Gasteiger partial charge on any atom is -0.309 e. The lowest BCUT2D eigenvalue weighted by molar-refractivity contribution is 1.30. The van der Waals surface area contributed by atoms with Crippen LogP contribution < -0.4 is 4.90 Å². The second-order valence-electron chi connectivity index (χ2n) is 16.0. The molecule has 0 saturated heterocycles. The number of hydrogen-bond acceptors (Lipinski definition) is 1. The maximum absolute atomic E-state index is 2.45. The van der Waals surface area contributed by atoms with E-state index >= 15 is 0 Å². The third kappa shape index (κ3) is 7.16. The van der Waals surface area contributed by atoms with Gasteiger partial charge >= 0.3 is 0 Å². The molecule has 1 heteroatoms. The van der Waals surface area contributed by atoms with Gasteiger partial charge in [-0.3, -0.25) is 0 Å². The number of rotatable bonds is 9. The van der Waals surface area contributed by atoms with Crippen LogP contribution in [0.1, 0.15) is 0 Å². The summed E-state index contributed by atoms with van der Waals surface area (Å²) in [7, 11) is 0. The molecule has 0 radical (unpaired) electrons. The minimum absolute atomic E-state index is 1.09. The maximum atomic E-state index is 2.45. The summed E-state index contributed by atoms with van der Waals surface area (Å²) in [5, 5.41) is 4.88. The highest BCUT2D eigenvalue weighted by molar-refractivity contribution is 6.22. The summed E-state index contributed by atoms with van der Waals surface area (Å²) in [5.74, 6) is 0. The van der Waals surface area contributed by atoms with Gasteiger partial charge in [0.2, 0.25) is 0 Å². The first-order valence-electron chi connectivity index (χ1n) is 21.7. The van der Waals surface area contributed by atoms with E-state index in [0.29, 0.717) is 0 Å². The first kappa shape index (κ1) is 37.7. The van der Waals surface area contributed by atoms with Gasteiger partial charge in [0.1, 0.15) is 0 Å². The zero-order valence-corrected chi connectivity index (χ0v) is 34.8. The summed E-state index contributed by atoms with van der Waals surface area (Å²) in [6, 6.07) is 94.5. The third-order valence-corrected chi connectivity index (χ3v) is 12.3. The second-order valence-corrected chi connectivity index (χ2v) is 16.0. The van der Waals surface area contributed by atoms with Crippen molar-refractivity contribution in [3.63, 3.8) is 0 Å². The van der Waals surface area contributed by atoms with Gasteiger partial charge in [0.05, 0.1) is 5.69 Å². The highest BCUT2D eigenvalue weighted by Gasteiger charge is 2.24. The van der Waals surface area contributed by atoms with Gasteiger partial charge in [-0.15, -0.1) is 0 Å². The van der Waals surface area contributed by atoms with Crippen molar-refractivity contribution in [1.29, 1.82) is 0 Å². The van der Waals surface area contributed by atoms with Crippen molar-refractivity contribution >= 4 is 38.6 Å². The molecule has 0 unspecified atom stereocenters. The zero-order chi connectivity index (χ0) is 42.0. The molecule has 296 valence electrons. The fourth-order valence-corrected chi connectivity index (χ4v) is 9.30. The third-order valence-electron chi connectivity index (χ3n) is 12.3. The van der Waals surface area contributed by atoms with Crippen LogP contribution in [0.5, 0.6) is 0 Å². The summed E-state index contributed by atoms with van der Waals surface area (Å²) in [5.41, 5.74) is 17.8. The normalized spacial score (nSPS) is 11.2. The van der Waals surface area contributed by atoms with Crippen LogP contribution in [0.4, 0.5) is 17.1 Å². The van der Waals surface area contributed by atoms with E-state index in [-0.39, 0.29) is 0 Å². The molecule has 0 heterocycles. The van der Waals surface area contributed by atoms with Crippen molar-refractivity contribution in [3.05, 3.63) is 261 Å². The summed E-state index contributed by atoms with van der Waals surface area (Å²) in [4.78, 5) is 2.45. The summed E-state index contributed by atoms with van der Waals surface area (Å²) >= 11 is 0. The van der Waals surface area contributed by atoms with E-state index in [1.165, 1.54) is 88.3 Å². The molecule has 0 atom stereocenters. The lowest BCUT2D eigenvalue weighted by Gasteiger charge is -2.30. The van der Waals surface area contributed by atoms with Crippen LogP contribution in [0.25, 0.3) is 88.3 Å². The molecule has 1 nitrogen and oxygen atoms in total. The van der Waals surface area contributed by atoms with Gasteiger partial charge in [0.25, 0.3) is 0 Å². The van der Waals surface area contributed by atoms with Gasteiger partial charge in [-0.2, -0.15) is 0 Å². The molecule has 0 aliphatic heterocycles. The Hall–Kier alpha value is -8.26. The predicted molar refractivity (Wildman–Crippen MR) is 269 cm³/mol. The van der Waals surface area contributed by atoms with Crippen LogP contribution in [-0.2, 0) is 0 Å². The lowest BCUT2D eigenvalue weighted by atomic mass is 9.88. The van der Waals surface area contributed by atoms with Gasteiger partial charge in [-0.1, -0.05) is 237 Å². The monoisotopic (exact) mass is 801 g/mol. The molecular formula is C62H43N. The van der Waals surface area contributed by atoms with Crippen molar-refractivity contribution in [2.75, 3.05) is 4.90 Å². The molecule has 0 fully saturated rings. The number of hydrogen-bond donors (Lipinski definition) is 0. The van der Waals surface area contributed by atoms with Crippen LogP contribution >= 0.6 is 0 Å². The quantitative estimate of drug-likeness (QED) is 0.131. The smallest absolute Gasteiger partial charge is 0.0624 e. The Morgan fingerprint density at radius 1 is 0.190 bits per heavy atom. The number of para-hydroxylation sites is 1. The van der Waals surface area contributed by atoms with Gasteiger partial charge in [-0.05, 0) is 102 Å². The highest BCUT2D eigenvalue weighted by Crippen LogP contribution is 2.50. The van der Waals surface area contributed by atoms with Crippen LogP contribution in [-0.4, -0.2) is 0 Å². The summed E-state index contributed by atoms with van der Waals surface area (Å²) in [6.07, 6.45) is 0. The Bertz CT molecular complexity index is 3340. The van der Waals surface area contributed by atoms with E-state index in [2.05, 4.69) is 266 Å². The number of fused-ring (bicyclic) bond motifs is 3. The molecule has 0 aliphatic carbocycles. The summed E-state index contributed by atoms with van der Waals surface area (Å²) < 4.78 is 0. The van der Waals surface area contributed by atoms with Crippen molar-refractivity contribution in [2.45, 2.75) is 0 Å². The molecule has 0 N–H and O–H groups in total. The Balaban J connectivity index is 1.03. The van der Waals surface area contributed by atoms with Gasteiger partial charge in [0.15, 0.2) is 0 Å². The molecule has 0 saturated carbocycles. The molecule has 11 rings (SSSR count). The Kier molecular flexibility index (Phi) is 9.97. The van der Waals surface area contributed by atoms with Crippen molar-refractivity contribution in [2.24, 2.45) is 0 Å². The van der Waals surface area contributed by atoms with Crippen LogP contribution in [0.3, 0.4) is 0 Å². The Morgan fingerprint density at radius 3 is 0.968 bits per heavy atom. The number of nitrogens with zero attached hydrogens (tertiary/aromatic N) is 1. The molecule has 0 amide bonds. The van der Waals surface area contributed by atoms with E-state index in [1.54, 1.807) is 0 Å². The van der Waals surface area contributed by atoms with Crippen molar-refractivity contribution < 1.29 is 0 Å². The number of benzene rings is 11. The fraction of sp³-hybridized carbons (Fsp3) is 0. The molecule has 11 aromatic carbocycles. The fourth-order valence-electron chi connectivity index (χ4n) is 9.30. The van der Waals surface area contributed by atoms with E-state index < -0.39 is 0 Å². The predicted octanol–water partition coefficient (Wildman–Crippen LogP) is 17.5. The molecule has 0 bridgehead atoms.